The first-order valence-electron chi connectivity index (χ1n) is 13.5. The van der Waals surface area contributed by atoms with Gasteiger partial charge in [-0.3, -0.25) is 9.59 Å². The summed E-state index contributed by atoms with van der Waals surface area (Å²) in [4.78, 5) is 33.5. The zero-order chi connectivity index (χ0) is 24.6. The molecule has 6 atom stereocenters. The number of amides is 2. The number of hydrogen-bond donors (Lipinski definition) is 1. The van der Waals surface area contributed by atoms with Gasteiger partial charge in [0, 0.05) is 51.6 Å². The molecule has 2 amide bonds. The Labute approximate surface area is 205 Å². The van der Waals surface area contributed by atoms with Gasteiger partial charge in [0.2, 0.25) is 11.8 Å². The molecule has 34 heavy (non-hydrogen) atoms. The quantitative estimate of drug-likeness (QED) is 0.630. The van der Waals surface area contributed by atoms with Crippen LogP contribution in [0.5, 0.6) is 0 Å². The molecule has 4 aliphatic rings. The van der Waals surface area contributed by atoms with Crippen molar-refractivity contribution >= 4 is 11.8 Å². The fourth-order valence-electron chi connectivity index (χ4n) is 6.31. The molecule has 0 aromatic rings. The highest BCUT2D eigenvalue weighted by molar-refractivity contribution is 5.90. The van der Waals surface area contributed by atoms with E-state index in [0.29, 0.717) is 44.2 Å². The third kappa shape index (κ3) is 5.45. The average Bonchev–Trinajstić information content (AvgIpc) is 3.09. The van der Waals surface area contributed by atoms with Crippen LogP contribution < -0.4 is 5.32 Å². The lowest BCUT2D eigenvalue weighted by Crippen LogP contribution is -2.63. The highest BCUT2D eigenvalue weighted by Gasteiger charge is 2.53. The summed E-state index contributed by atoms with van der Waals surface area (Å²) in [5.41, 5.74) is 0. The van der Waals surface area contributed by atoms with Gasteiger partial charge in [0.25, 0.3) is 0 Å². The fourth-order valence-corrected chi connectivity index (χ4v) is 6.31. The van der Waals surface area contributed by atoms with Crippen LogP contribution in [0, 0.1) is 11.8 Å². The van der Waals surface area contributed by atoms with E-state index in [1.54, 1.807) is 0 Å². The fraction of sp³-hybridized carbons (Fsp3) is 0.923. The van der Waals surface area contributed by atoms with Crippen molar-refractivity contribution in [2.45, 2.75) is 103 Å². The first kappa shape index (κ1) is 25.9. The lowest BCUT2D eigenvalue weighted by molar-refractivity contribution is -0.211. The molecule has 0 radical (unpaired) electrons. The molecule has 4 fully saturated rings. The van der Waals surface area contributed by atoms with Crippen molar-refractivity contribution in [3.05, 3.63) is 0 Å². The van der Waals surface area contributed by atoms with E-state index < -0.39 is 11.8 Å². The Morgan fingerprint density at radius 2 is 1.85 bits per heavy atom. The molecule has 0 aromatic carbocycles. The molecule has 0 saturated carbocycles. The molecule has 1 N–H and O–H groups in total. The maximum atomic E-state index is 13.9. The van der Waals surface area contributed by atoms with E-state index in [4.69, 9.17) is 9.47 Å². The molecule has 4 heterocycles. The van der Waals surface area contributed by atoms with E-state index in [9.17, 15) is 9.59 Å². The second kappa shape index (κ2) is 10.4. The zero-order valence-corrected chi connectivity index (χ0v) is 22.1. The van der Waals surface area contributed by atoms with Gasteiger partial charge < -0.3 is 29.5 Å². The van der Waals surface area contributed by atoms with Crippen LogP contribution in [0.2, 0.25) is 0 Å². The summed E-state index contributed by atoms with van der Waals surface area (Å²) in [6.45, 7) is 14.5. The Morgan fingerprint density at radius 1 is 1.12 bits per heavy atom. The number of piperidine rings is 2. The smallest absolute Gasteiger partial charge is 0.245 e. The van der Waals surface area contributed by atoms with E-state index in [1.807, 2.05) is 9.80 Å². The van der Waals surface area contributed by atoms with Crippen LogP contribution in [0.15, 0.2) is 0 Å². The second-order valence-electron chi connectivity index (χ2n) is 11.9. The van der Waals surface area contributed by atoms with Gasteiger partial charge >= 0.3 is 0 Å². The molecule has 4 saturated heterocycles. The van der Waals surface area contributed by atoms with Gasteiger partial charge in [0.15, 0.2) is 5.79 Å². The number of likely N-dealkylation sites (tertiary alicyclic amines) is 2. The maximum absolute atomic E-state index is 13.9. The minimum absolute atomic E-state index is 0.0123. The number of hydrogen-bond acceptors (Lipinski definition) is 6. The molecule has 8 nitrogen and oxygen atoms in total. The van der Waals surface area contributed by atoms with E-state index in [-0.39, 0.29) is 36.1 Å². The number of carbonyl (C=O) groups excluding carboxylic acids is 2. The zero-order valence-electron chi connectivity index (χ0n) is 22.1. The summed E-state index contributed by atoms with van der Waals surface area (Å²) in [6, 6.07) is -0.583. The molecular formula is C26H46N4O4. The average molecular weight is 479 g/mol. The SMILES string of the molecule is CC(C)C[C@@H]1NCCN([C@@H](CC(C)C)C(=O)N2CCC3(C[C@@H]2C)O[C@H]2CN(C)CC[C@H]2O3)C1=O. The molecule has 194 valence electrons. The van der Waals surface area contributed by atoms with Gasteiger partial charge in [-0.2, -0.15) is 0 Å². The van der Waals surface area contributed by atoms with Crippen molar-refractivity contribution in [1.82, 2.24) is 20.0 Å². The molecule has 0 aliphatic carbocycles. The highest BCUT2D eigenvalue weighted by atomic mass is 16.8. The molecule has 1 unspecified atom stereocenters. The Kier molecular flexibility index (Phi) is 7.92. The molecule has 8 heteroatoms. The summed E-state index contributed by atoms with van der Waals surface area (Å²) < 4.78 is 13.0. The van der Waals surface area contributed by atoms with Crippen molar-refractivity contribution in [1.29, 1.82) is 0 Å². The van der Waals surface area contributed by atoms with Crippen molar-refractivity contribution in [2.24, 2.45) is 11.8 Å². The lowest BCUT2D eigenvalue weighted by Gasteiger charge is -2.46. The van der Waals surface area contributed by atoms with Gasteiger partial charge in [-0.05, 0) is 45.1 Å². The Hall–Kier alpha value is -1.22. The van der Waals surface area contributed by atoms with Gasteiger partial charge in [-0.25, -0.2) is 0 Å². The van der Waals surface area contributed by atoms with Crippen molar-refractivity contribution in [3.63, 3.8) is 0 Å². The predicted octanol–water partition coefficient (Wildman–Crippen LogP) is 2.07. The number of piperazine rings is 1. The largest absolute Gasteiger partial charge is 0.344 e. The summed E-state index contributed by atoms with van der Waals surface area (Å²) in [5, 5.41) is 3.37. The monoisotopic (exact) mass is 478 g/mol. The number of ether oxygens (including phenoxy) is 2. The number of nitrogens with zero attached hydrogens (tertiary/aromatic N) is 3. The van der Waals surface area contributed by atoms with Crippen LogP contribution in [-0.4, -0.2) is 102 Å². The van der Waals surface area contributed by atoms with Crippen LogP contribution in [0.3, 0.4) is 0 Å². The van der Waals surface area contributed by atoms with Gasteiger partial charge in [0.05, 0.1) is 18.2 Å². The van der Waals surface area contributed by atoms with Crippen molar-refractivity contribution in [2.75, 3.05) is 39.8 Å². The molecule has 4 aliphatic heterocycles. The number of nitrogens with one attached hydrogen (secondary N) is 1. The van der Waals surface area contributed by atoms with Crippen LogP contribution in [0.4, 0.5) is 0 Å². The van der Waals surface area contributed by atoms with Gasteiger partial charge in [-0.1, -0.05) is 27.7 Å². The number of carbonyl (C=O) groups is 2. The van der Waals surface area contributed by atoms with Crippen molar-refractivity contribution in [3.8, 4) is 0 Å². The number of rotatable bonds is 6. The Morgan fingerprint density at radius 3 is 2.53 bits per heavy atom. The third-order valence-electron chi connectivity index (χ3n) is 7.98. The first-order chi connectivity index (χ1) is 16.1. The standard InChI is InChI=1S/C26H46N4O4/c1-17(2)13-20-24(31)30(12-9-27-20)21(14-18(3)4)25(32)29-11-8-26(15-19(29)5)33-22-7-10-28(6)16-23(22)34-26/h17-23,27H,7-16H2,1-6H3/t19-,20-,21-,22+,23-,26?/m0/s1. The van der Waals surface area contributed by atoms with Crippen molar-refractivity contribution < 1.29 is 19.1 Å². The summed E-state index contributed by atoms with van der Waals surface area (Å²) in [5.74, 6) is 0.347. The molecule has 0 bridgehead atoms. The lowest BCUT2D eigenvalue weighted by atomic mass is 9.93. The van der Waals surface area contributed by atoms with Crippen LogP contribution in [-0.2, 0) is 19.1 Å². The van der Waals surface area contributed by atoms with Gasteiger partial charge in [0.1, 0.15) is 6.04 Å². The minimum atomic E-state index is -0.572. The van der Waals surface area contributed by atoms with E-state index in [1.165, 1.54) is 0 Å². The van der Waals surface area contributed by atoms with Gasteiger partial charge in [-0.15, -0.1) is 0 Å². The molecular weight excluding hydrogens is 432 g/mol. The number of fused-ring (bicyclic) bond motifs is 1. The topological polar surface area (TPSA) is 74.3 Å². The molecule has 0 aromatic heterocycles. The third-order valence-corrected chi connectivity index (χ3v) is 7.98. The first-order valence-corrected chi connectivity index (χ1v) is 13.5. The van der Waals surface area contributed by atoms with E-state index in [0.717, 1.165) is 32.5 Å². The maximum Gasteiger partial charge on any atom is 0.245 e. The Bertz CT molecular complexity index is 746. The molecule has 4 rings (SSSR count). The summed E-state index contributed by atoms with van der Waals surface area (Å²) in [7, 11) is 2.13. The normalized spacial score (nSPS) is 35.9. The Balaban J connectivity index is 1.45. The second-order valence-corrected chi connectivity index (χ2v) is 11.9. The van der Waals surface area contributed by atoms with E-state index >= 15 is 0 Å². The minimum Gasteiger partial charge on any atom is -0.344 e. The number of likely N-dealkylation sites (N-methyl/N-ethyl adjacent to an activating group) is 1. The predicted molar refractivity (Wildman–Crippen MR) is 131 cm³/mol. The van der Waals surface area contributed by atoms with Crippen LogP contribution in [0.1, 0.15) is 66.7 Å². The molecule has 1 spiro atoms. The highest BCUT2D eigenvalue weighted by Crippen LogP contribution is 2.42. The van der Waals surface area contributed by atoms with Crippen LogP contribution in [0.25, 0.3) is 0 Å². The van der Waals surface area contributed by atoms with E-state index in [2.05, 4.69) is 51.9 Å². The summed E-state index contributed by atoms with van der Waals surface area (Å²) >= 11 is 0. The van der Waals surface area contributed by atoms with Crippen LogP contribution >= 0.6 is 0 Å². The summed E-state index contributed by atoms with van der Waals surface area (Å²) in [6.07, 6.45) is 4.16.